The normalized spacial score (nSPS) is 13.8. The minimum absolute atomic E-state index is 0.860. The summed E-state index contributed by atoms with van der Waals surface area (Å²) in [6, 6.07) is 6.50. The number of aryl methyl sites for hydroxylation is 1. The Balaban J connectivity index is 1.77. The van der Waals surface area contributed by atoms with E-state index in [4.69, 9.17) is 4.74 Å². The van der Waals surface area contributed by atoms with Gasteiger partial charge in [0.2, 0.25) is 0 Å². The highest BCUT2D eigenvalue weighted by atomic mass is 16.5. The van der Waals surface area contributed by atoms with Gasteiger partial charge in [-0.25, -0.2) is 0 Å². The van der Waals surface area contributed by atoms with E-state index in [1.165, 1.54) is 49.7 Å². The van der Waals surface area contributed by atoms with Crippen LogP contribution in [-0.4, -0.2) is 6.61 Å². The van der Waals surface area contributed by atoms with Crippen LogP contribution >= 0.6 is 0 Å². The van der Waals surface area contributed by atoms with Crippen LogP contribution in [0.3, 0.4) is 0 Å². The number of benzene rings is 1. The van der Waals surface area contributed by atoms with E-state index in [0.717, 1.165) is 12.4 Å². The summed E-state index contributed by atoms with van der Waals surface area (Å²) in [5, 5.41) is 0. The predicted molar refractivity (Wildman–Crippen MR) is 67.8 cm³/mol. The molecule has 1 aromatic rings. The first-order chi connectivity index (χ1) is 7.90. The zero-order valence-corrected chi connectivity index (χ0v) is 10.2. The maximum absolute atomic E-state index is 5.76. The van der Waals surface area contributed by atoms with Gasteiger partial charge in [0.15, 0.2) is 0 Å². The van der Waals surface area contributed by atoms with Crippen molar-refractivity contribution in [1.29, 1.82) is 0 Å². The monoisotopic (exact) mass is 217 g/mol. The molecule has 0 aliphatic heterocycles. The van der Waals surface area contributed by atoms with E-state index in [9.17, 15) is 0 Å². The Labute approximate surface area is 98.8 Å². The van der Waals surface area contributed by atoms with Gasteiger partial charge < -0.3 is 4.74 Å². The molecule has 0 amide bonds. The van der Waals surface area contributed by atoms with Crippen LogP contribution in [0.15, 0.2) is 18.2 Å². The van der Waals surface area contributed by atoms with Crippen molar-refractivity contribution >= 4 is 0 Å². The zero-order valence-electron chi connectivity index (χ0n) is 10.2. The first-order valence-electron chi connectivity index (χ1n) is 6.49. The van der Waals surface area contributed by atoms with Crippen LogP contribution in [0.5, 0.6) is 5.75 Å². The summed E-state index contributed by atoms with van der Waals surface area (Å²) in [6.45, 7) is 3.09. The van der Waals surface area contributed by atoms with Gasteiger partial charge in [0, 0.05) is 0 Å². The molecule has 1 aromatic carbocycles. The van der Waals surface area contributed by atoms with E-state index in [1.54, 1.807) is 0 Å². The van der Waals surface area contributed by atoms with Crippen LogP contribution in [0.1, 0.15) is 50.2 Å². The molecule has 16 heavy (non-hydrogen) atoms. The van der Waals surface area contributed by atoms with Crippen molar-refractivity contribution in [2.24, 2.45) is 0 Å². The first kappa shape index (κ1) is 11.5. The van der Waals surface area contributed by atoms with E-state index in [0.29, 0.717) is 0 Å². The number of fused-ring (bicyclic) bond motifs is 1. The lowest BCUT2D eigenvalue weighted by atomic mass is 10.1. The largest absolute Gasteiger partial charge is 0.494 e. The SMILES string of the molecule is CCCCCCOc1ccc2c(c1)[CH]CC2. The van der Waals surface area contributed by atoms with Crippen LogP contribution in [-0.2, 0) is 6.42 Å². The highest BCUT2D eigenvalue weighted by Gasteiger charge is 2.11. The third-order valence-electron chi connectivity index (χ3n) is 3.16. The van der Waals surface area contributed by atoms with Gasteiger partial charge in [-0.1, -0.05) is 32.3 Å². The summed E-state index contributed by atoms with van der Waals surface area (Å²) in [4.78, 5) is 0. The summed E-state index contributed by atoms with van der Waals surface area (Å²) in [7, 11) is 0. The summed E-state index contributed by atoms with van der Waals surface area (Å²) >= 11 is 0. The third kappa shape index (κ3) is 3.01. The molecular weight excluding hydrogens is 196 g/mol. The number of hydrogen-bond acceptors (Lipinski definition) is 1. The lowest BCUT2D eigenvalue weighted by Gasteiger charge is -2.07. The van der Waals surface area contributed by atoms with Crippen molar-refractivity contribution in [3.05, 3.63) is 35.7 Å². The van der Waals surface area contributed by atoms with Gasteiger partial charge in [-0.15, -0.1) is 0 Å². The van der Waals surface area contributed by atoms with Crippen molar-refractivity contribution in [3.8, 4) is 5.75 Å². The summed E-state index contributed by atoms with van der Waals surface area (Å²) in [5.74, 6) is 1.04. The Morgan fingerprint density at radius 1 is 1.19 bits per heavy atom. The van der Waals surface area contributed by atoms with Crippen molar-refractivity contribution in [2.45, 2.75) is 45.4 Å². The molecule has 0 spiro atoms. The Morgan fingerprint density at radius 3 is 3.00 bits per heavy atom. The molecule has 1 aliphatic rings. The van der Waals surface area contributed by atoms with Crippen LogP contribution in [0, 0.1) is 6.42 Å². The number of unbranched alkanes of at least 4 members (excludes halogenated alkanes) is 3. The average Bonchev–Trinajstić information content (AvgIpc) is 2.76. The molecule has 2 rings (SSSR count). The second-order valence-electron chi connectivity index (χ2n) is 4.51. The second-order valence-corrected chi connectivity index (χ2v) is 4.51. The van der Waals surface area contributed by atoms with Crippen LogP contribution in [0.4, 0.5) is 0 Å². The standard InChI is InChI=1S/C15H21O/c1-2-3-4-5-11-16-15-10-9-13-7-6-8-14(13)12-15/h8-10,12H,2-7,11H2,1H3. The minimum Gasteiger partial charge on any atom is -0.494 e. The summed E-state index contributed by atoms with van der Waals surface area (Å²) < 4.78 is 5.76. The van der Waals surface area contributed by atoms with Crippen LogP contribution < -0.4 is 4.74 Å². The Bertz CT molecular complexity index is 330. The first-order valence-corrected chi connectivity index (χ1v) is 6.49. The molecule has 0 N–H and O–H groups in total. The van der Waals surface area contributed by atoms with E-state index < -0.39 is 0 Å². The van der Waals surface area contributed by atoms with Crippen molar-refractivity contribution in [2.75, 3.05) is 6.61 Å². The Kier molecular flexibility index (Phi) is 4.26. The fourth-order valence-electron chi connectivity index (χ4n) is 2.18. The van der Waals surface area contributed by atoms with Crippen molar-refractivity contribution in [3.63, 3.8) is 0 Å². The van der Waals surface area contributed by atoms with Gasteiger partial charge in [0.05, 0.1) is 6.61 Å². The lowest BCUT2D eigenvalue weighted by Crippen LogP contribution is -1.97. The molecule has 1 aliphatic carbocycles. The highest BCUT2D eigenvalue weighted by molar-refractivity contribution is 5.43. The van der Waals surface area contributed by atoms with Gasteiger partial charge in [-0.2, -0.15) is 0 Å². The Hall–Kier alpha value is -0.980. The van der Waals surface area contributed by atoms with E-state index in [1.807, 2.05) is 0 Å². The van der Waals surface area contributed by atoms with Gasteiger partial charge in [-0.3, -0.25) is 0 Å². The van der Waals surface area contributed by atoms with Crippen molar-refractivity contribution < 1.29 is 4.74 Å². The topological polar surface area (TPSA) is 9.23 Å². The molecule has 0 saturated heterocycles. The van der Waals surface area contributed by atoms with E-state index in [2.05, 4.69) is 31.5 Å². The molecule has 1 nitrogen and oxygen atoms in total. The smallest absolute Gasteiger partial charge is 0.119 e. The lowest BCUT2D eigenvalue weighted by molar-refractivity contribution is 0.305. The molecule has 0 heterocycles. The summed E-state index contributed by atoms with van der Waals surface area (Å²) in [6.07, 6.45) is 9.76. The highest BCUT2D eigenvalue weighted by Crippen LogP contribution is 2.27. The third-order valence-corrected chi connectivity index (χ3v) is 3.16. The number of ether oxygens (including phenoxy) is 1. The molecule has 0 atom stereocenters. The molecule has 0 bridgehead atoms. The maximum atomic E-state index is 5.76. The van der Waals surface area contributed by atoms with E-state index in [-0.39, 0.29) is 0 Å². The molecule has 1 radical (unpaired) electrons. The van der Waals surface area contributed by atoms with Gasteiger partial charge in [-0.05, 0) is 48.9 Å². The van der Waals surface area contributed by atoms with Gasteiger partial charge >= 0.3 is 0 Å². The molecule has 0 saturated carbocycles. The molecule has 87 valence electrons. The second kappa shape index (κ2) is 5.93. The number of rotatable bonds is 6. The Morgan fingerprint density at radius 2 is 2.12 bits per heavy atom. The molecule has 1 heteroatoms. The van der Waals surface area contributed by atoms with E-state index >= 15 is 0 Å². The number of hydrogen-bond donors (Lipinski definition) is 0. The summed E-state index contributed by atoms with van der Waals surface area (Å²) in [5.41, 5.74) is 2.85. The molecule has 0 fully saturated rings. The molecular formula is C15H21O. The molecule has 0 aromatic heterocycles. The van der Waals surface area contributed by atoms with Crippen LogP contribution in [0.25, 0.3) is 0 Å². The maximum Gasteiger partial charge on any atom is 0.119 e. The zero-order chi connectivity index (χ0) is 11.2. The average molecular weight is 217 g/mol. The van der Waals surface area contributed by atoms with Crippen LogP contribution in [0.2, 0.25) is 0 Å². The van der Waals surface area contributed by atoms with Crippen molar-refractivity contribution in [1.82, 2.24) is 0 Å². The van der Waals surface area contributed by atoms with Gasteiger partial charge in [0.1, 0.15) is 5.75 Å². The minimum atomic E-state index is 0.860. The fourth-order valence-corrected chi connectivity index (χ4v) is 2.18. The molecule has 0 unspecified atom stereocenters. The predicted octanol–water partition coefficient (Wildman–Crippen LogP) is 4.14. The quantitative estimate of drug-likeness (QED) is 0.651. The van der Waals surface area contributed by atoms with Gasteiger partial charge in [0.25, 0.3) is 0 Å². The fraction of sp³-hybridized carbons (Fsp3) is 0.533.